The molecule has 0 amide bonds. The van der Waals surface area contributed by atoms with Crippen molar-refractivity contribution in [3.8, 4) is 0 Å². The summed E-state index contributed by atoms with van der Waals surface area (Å²) >= 11 is 17.9. The molecule has 0 radical (unpaired) electrons. The zero-order valence-corrected chi connectivity index (χ0v) is 14.1. The second kappa shape index (κ2) is 8.05. The summed E-state index contributed by atoms with van der Waals surface area (Å²) in [6.45, 7) is 3.06. The SMILES string of the molecule is CC(Cc1ccc(Cl)cc1)NCCc1ccc(Cl)cc1Cl. The van der Waals surface area contributed by atoms with Crippen LogP contribution in [0.4, 0.5) is 0 Å². The molecule has 1 nitrogen and oxygen atoms in total. The van der Waals surface area contributed by atoms with E-state index in [1.165, 1.54) is 5.56 Å². The zero-order chi connectivity index (χ0) is 15.2. The molecule has 0 bridgehead atoms. The zero-order valence-electron chi connectivity index (χ0n) is 11.9. The third-order valence-electron chi connectivity index (χ3n) is 3.36. The smallest absolute Gasteiger partial charge is 0.0453 e. The Morgan fingerprint density at radius 1 is 0.952 bits per heavy atom. The summed E-state index contributed by atoms with van der Waals surface area (Å²) in [6.07, 6.45) is 1.87. The first-order valence-corrected chi connectivity index (χ1v) is 8.10. The Kier molecular flexibility index (Phi) is 6.38. The maximum atomic E-state index is 6.16. The summed E-state index contributed by atoms with van der Waals surface area (Å²) < 4.78 is 0. The van der Waals surface area contributed by atoms with Crippen molar-refractivity contribution in [3.05, 3.63) is 68.7 Å². The van der Waals surface area contributed by atoms with E-state index < -0.39 is 0 Å². The van der Waals surface area contributed by atoms with Gasteiger partial charge in [-0.2, -0.15) is 0 Å². The van der Waals surface area contributed by atoms with Crippen molar-refractivity contribution in [1.82, 2.24) is 5.32 Å². The molecule has 2 rings (SSSR count). The van der Waals surface area contributed by atoms with Crippen LogP contribution in [0.2, 0.25) is 15.1 Å². The molecule has 0 heterocycles. The molecular weight excluding hydrogens is 325 g/mol. The fourth-order valence-electron chi connectivity index (χ4n) is 2.22. The number of hydrogen-bond acceptors (Lipinski definition) is 1. The van der Waals surface area contributed by atoms with Gasteiger partial charge in [-0.25, -0.2) is 0 Å². The number of nitrogens with one attached hydrogen (secondary N) is 1. The van der Waals surface area contributed by atoms with Gasteiger partial charge in [-0.1, -0.05) is 53.0 Å². The molecule has 0 saturated heterocycles. The van der Waals surface area contributed by atoms with Gasteiger partial charge in [0.15, 0.2) is 0 Å². The molecule has 112 valence electrons. The summed E-state index contributed by atoms with van der Waals surface area (Å²) in [5, 5.41) is 5.69. The van der Waals surface area contributed by atoms with Crippen LogP contribution in [-0.2, 0) is 12.8 Å². The van der Waals surface area contributed by atoms with Gasteiger partial charge in [0.1, 0.15) is 0 Å². The number of benzene rings is 2. The van der Waals surface area contributed by atoms with Crippen molar-refractivity contribution in [1.29, 1.82) is 0 Å². The lowest BCUT2D eigenvalue weighted by Crippen LogP contribution is -2.30. The minimum atomic E-state index is 0.400. The van der Waals surface area contributed by atoms with Crippen molar-refractivity contribution >= 4 is 34.8 Å². The Balaban J connectivity index is 1.78. The molecule has 0 aromatic heterocycles. The number of halogens is 3. The van der Waals surface area contributed by atoms with Crippen molar-refractivity contribution in [3.63, 3.8) is 0 Å². The van der Waals surface area contributed by atoms with Crippen molar-refractivity contribution < 1.29 is 0 Å². The highest BCUT2D eigenvalue weighted by atomic mass is 35.5. The predicted molar refractivity (Wildman–Crippen MR) is 92.8 cm³/mol. The Bertz CT molecular complexity index is 581. The van der Waals surface area contributed by atoms with E-state index in [9.17, 15) is 0 Å². The van der Waals surface area contributed by atoms with Crippen LogP contribution in [0.5, 0.6) is 0 Å². The van der Waals surface area contributed by atoms with Crippen LogP contribution in [0.15, 0.2) is 42.5 Å². The fourth-order valence-corrected chi connectivity index (χ4v) is 2.85. The standard InChI is InChI=1S/C17H18Cl3N/c1-12(10-13-2-5-15(18)6-3-13)21-9-8-14-4-7-16(19)11-17(14)20/h2-7,11-12,21H,8-10H2,1H3. The summed E-state index contributed by atoms with van der Waals surface area (Å²) in [4.78, 5) is 0. The average Bonchev–Trinajstić information content (AvgIpc) is 2.44. The molecule has 21 heavy (non-hydrogen) atoms. The first-order chi connectivity index (χ1) is 10.0. The van der Waals surface area contributed by atoms with E-state index in [4.69, 9.17) is 34.8 Å². The van der Waals surface area contributed by atoms with Crippen molar-refractivity contribution in [2.45, 2.75) is 25.8 Å². The summed E-state index contributed by atoms with van der Waals surface area (Å²) in [5.74, 6) is 0. The third kappa shape index (κ3) is 5.52. The van der Waals surface area contributed by atoms with Crippen LogP contribution >= 0.6 is 34.8 Å². The van der Waals surface area contributed by atoms with Gasteiger partial charge in [-0.15, -0.1) is 0 Å². The monoisotopic (exact) mass is 341 g/mol. The highest BCUT2D eigenvalue weighted by Crippen LogP contribution is 2.21. The van der Waals surface area contributed by atoms with E-state index >= 15 is 0 Å². The average molecular weight is 343 g/mol. The van der Waals surface area contributed by atoms with Gasteiger partial charge in [-0.3, -0.25) is 0 Å². The molecular formula is C17H18Cl3N. The van der Waals surface area contributed by atoms with Gasteiger partial charge in [0, 0.05) is 21.1 Å². The van der Waals surface area contributed by atoms with Gasteiger partial charge in [0.05, 0.1) is 0 Å². The molecule has 1 atom stereocenters. The van der Waals surface area contributed by atoms with E-state index in [0.717, 1.165) is 35.0 Å². The van der Waals surface area contributed by atoms with Crippen LogP contribution in [-0.4, -0.2) is 12.6 Å². The minimum absolute atomic E-state index is 0.400. The molecule has 4 heteroatoms. The molecule has 1 N–H and O–H groups in total. The fraction of sp³-hybridized carbons (Fsp3) is 0.294. The van der Waals surface area contributed by atoms with E-state index in [1.807, 2.05) is 24.3 Å². The van der Waals surface area contributed by atoms with Crippen LogP contribution in [0.3, 0.4) is 0 Å². The Morgan fingerprint density at radius 3 is 2.29 bits per heavy atom. The topological polar surface area (TPSA) is 12.0 Å². The molecule has 2 aromatic rings. The Hall–Kier alpha value is -0.730. The van der Waals surface area contributed by atoms with Crippen LogP contribution in [0.1, 0.15) is 18.1 Å². The van der Waals surface area contributed by atoms with Crippen molar-refractivity contribution in [2.75, 3.05) is 6.54 Å². The van der Waals surface area contributed by atoms with Gasteiger partial charge in [0.25, 0.3) is 0 Å². The predicted octanol–water partition coefficient (Wildman–Crippen LogP) is 5.41. The quantitative estimate of drug-likeness (QED) is 0.740. The van der Waals surface area contributed by atoms with Gasteiger partial charge >= 0.3 is 0 Å². The van der Waals surface area contributed by atoms with Crippen LogP contribution in [0.25, 0.3) is 0 Å². The largest absolute Gasteiger partial charge is 0.314 e. The van der Waals surface area contributed by atoms with E-state index in [-0.39, 0.29) is 0 Å². The van der Waals surface area contributed by atoms with E-state index in [2.05, 4.69) is 24.4 Å². The van der Waals surface area contributed by atoms with E-state index in [0.29, 0.717) is 11.1 Å². The lowest BCUT2D eigenvalue weighted by Gasteiger charge is -2.14. The lowest BCUT2D eigenvalue weighted by molar-refractivity contribution is 0.548. The first kappa shape index (κ1) is 16.6. The summed E-state index contributed by atoms with van der Waals surface area (Å²) in [5.41, 5.74) is 2.40. The molecule has 1 unspecified atom stereocenters. The van der Waals surface area contributed by atoms with Gasteiger partial charge < -0.3 is 5.32 Å². The normalized spacial score (nSPS) is 12.4. The molecule has 0 saturated carbocycles. The second-order valence-corrected chi connectivity index (χ2v) is 6.45. The van der Waals surface area contributed by atoms with Crippen molar-refractivity contribution in [2.24, 2.45) is 0 Å². The Labute approximate surface area is 141 Å². The molecule has 0 fully saturated rings. The van der Waals surface area contributed by atoms with Crippen LogP contribution in [0, 0.1) is 0 Å². The van der Waals surface area contributed by atoms with Crippen LogP contribution < -0.4 is 5.32 Å². The lowest BCUT2D eigenvalue weighted by atomic mass is 10.1. The molecule has 0 spiro atoms. The maximum absolute atomic E-state index is 6.16. The third-order valence-corrected chi connectivity index (χ3v) is 4.20. The highest BCUT2D eigenvalue weighted by Gasteiger charge is 2.05. The molecule has 0 aliphatic carbocycles. The van der Waals surface area contributed by atoms with E-state index in [1.54, 1.807) is 6.07 Å². The molecule has 0 aliphatic heterocycles. The summed E-state index contributed by atoms with van der Waals surface area (Å²) in [7, 11) is 0. The number of hydrogen-bond donors (Lipinski definition) is 1. The Morgan fingerprint density at radius 2 is 1.62 bits per heavy atom. The highest BCUT2D eigenvalue weighted by molar-refractivity contribution is 6.35. The van der Waals surface area contributed by atoms with Gasteiger partial charge in [0.2, 0.25) is 0 Å². The molecule has 2 aromatic carbocycles. The molecule has 0 aliphatic rings. The number of rotatable bonds is 6. The second-order valence-electron chi connectivity index (χ2n) is 5.17. The maximum Gasteiger partial charge on any atom is 0.0453 e. The minimum Gasteiger partial charge on any atom is -0.314 e. The van der Waals surface area contributed by atoms with Gasteiger partial charge in [-0.05, 0) is 61.7 Å². The summed E-state index contributed by atoms with van der Waals surface area (Å²) in [6, 6.07) is 14.0. The first-order valence-electron chi connectivity index (χ1n) is 6.96.